The van der Waals surface area contributed by atoms with Crippen molar-refractivity contribution in [2.75, 3.05) is 36.6 Å². The maximum atomic E-state index is 12.5. The Morgan fingerprint density at radius 3 is 2.43 bits per heavy atom. The van der Waals surface area contributed by atoms with Gasteiger partial charge in [-0.2, -0.15) is 19.6 Å². The first-order valence-electron chi connectivity index (χ1n) is 13.8. The van der Waals surface area contributed by atoms with E-state index in [4.69, 9.17) is 60.9 Å². The minimum Gasteiger partial charge on any atom is -0.480 e. The number of carboxylic acid groups (broad SMARTS) is 1. The van der Waals surface area contributed by atoms with Crippen LogP contribution in [0.1, 0.15) is 39.4 Å². The van der Waals surface area contributed by atoms with Gasteiger partial charge in [0, 0.05) is 31.6 Å². The van der Waals surface area contributed by atoms with Crippen molar-refractivity contribution < 1.29 is 29.0 Å². The number of benzene rings is 1. The standard InChI is InChI=1S/C15H13Cl2N3O2.C8H14ClN5.C3H8NO5P/c1-2-7-22-13-9-12(10(16)8-11(13)17)20-15(21)19-6-4-3-5-14(19)18-20;1-4-10-7-12-6(9)13-8(14-7)11-5(2)3;5-3(6)1-4-2-10(7,8)9/h1,8-9H,3-7H2;5H,4H2,1-3H3,(H2,10,11,12,13,14);4H,1-2H2,(H,5,6)(H2,7,8,9). The molecule has 0 bridgehead atoms. The van der Waals surface area contributed by atoms with Crippen LogP contribution in [0, 0.1) is 12.3 Å². The van der Waals surface area contributed by atoms with E-state index < -0.39 is 26.4 Å². The number of aromatic nitrogens is 6. The fraction of sp³-hybridized carbons (Fsp3) is 0.462. The molecule has 6 N–H and O–H groups in total. The van der Waals surface area contributed by atoms with E-state index in [0.29, 0.717) is 39.9 Å². The molecule has 0 spiro atoms. The first kappa shape index (κ1) is 38.8. The average molecular weight is 723 g/mol. The number of anilines is 2. The molecule has 1 aromatic carbocycles. The number of halogens is 3. The Kier molecular flexibility index (Phi) is 15.7. The molecule has 252 valence electrons. The van der Waals surface area contributed by atoms with E-state index in [0.717, 1.165) is 31.6 Å². The summed E-state index contributed by atoms with van der Waals surface area (Å²) >= 11 is 18.0. The highest BCUT2D eigenvalue weighted by atomic mass is 35.5. The molecular weight excluding hydrogens is 688 g/mol. The number of rotatable bonds is 11. The summed E-state index contributed by atoms with van der Waals surface area (Å²) in [5, 5.41) is 21.3. The number of terminal acetylenes is 1. The van der Waals surface area contributed by atoms with Gasteiger partial charge in [0.15, 0.2) is 0 Å². The van der Waals surface area contributed by atoms with Crippen LogP contribution in [0.2, 0.25) is 15.3 Å². The topological polar surface area (TPSA) is 219 Å². The van der Waals surface area contributed by atoms with Gasteiger partial charge in [0.1, 0.15) is 18.2 Å². The quantitative estimate of drug-likeness (QED) is 0.124. The summed E-state index contributed by atoms with van der Waals surface area (Å²) in [6.45, 7) is 7.05. The van der Waals surface area contributed by atoms with E-state index in [1.54, 1.807) is 10.6 Å². The molecule has 4 rings (SSSR count). The summed E-state index contributed by atoms with van der Waals surface area (Å²) in [5.41, 5.74) is 0.229. The zero-order valence-corrected chi connectivity index (χ0v) is 28.4. The Hall–Kier alpha value is -3.42. The van der Waals surface area contributed by atoms with Gasteiger partial charge in [-0.3, -0.25) is 19.2 Å². The number of nitrogens with one attached hydrogen (secondary N) is 3. The number of nitrogens with zero attached hydrogens (tertiary/aromatic N) is 6. The Morgan fingerprint density at radius 2 is 1.85 bits per heavy atom. The Bertz CT molecular complexity index is 1620. The van der Waals surface area contributed by atoms with Crippen molar-refractivity contribution in [2.24, 2.45) is 0 Å². The molecule has 3 heterocycles. The number of carboxylic acids is 1. The normalized spacial score (nSPS) is 12.1. The van der Waals surface area contributed by atoms with E-state index in [9.17, 15) is 14.2 Å². The molecular formula is C26H35Cl3N9O7P. The summed E-state index contributed by atoms with van der Waals surface area (Å²) in [5.74, 6) is 3.36. The highest BCUT2D eigenvalue weighted by Gasteiger charge is 2.20. The number of hydrogen-bond acceptors (Lipinski definition) is 11. The molecule has 1 aliphatic rings. The number of fused-ring (bicyclic) bond motifs is 1. The van der Waals surface area contributed by atoms with E-state index in [2.05, 4.69) is 41.9 Å². The number of carbonyl (C=O) groups is 1. The predicted octanol–water partition coefficient (Wildman–Crippen LogP) is 3.26. The van der Waals surface area contributed by atoms with Gasteiger partial charge in [-0.05, 0) is 51.3 Å². The van der Waals surface area contributed by atoms with Crippen LogP contribution >= 0.6 is 42.4 Å². The second-order valence-corrected chi connectivity index (χ2v) is 12.5. The predicted molar refractivity (Wildman–Crippen MR) is 175 cm³/mol. The van der Waals surface area contributed by atoms with Gasteiger partial charge in [-0.25, -0.2) is 4.79 Å². The lowest BCUT2D eigenvalue weighted by atomic mass is 10.2. The molecule has 0 saturated heterocycles. The van der Waals surface area contributed by atoms with E-state index in [1.165, 1.54) is 10.7 Å². The van der Waals surface area contributed by atoms with Crippen molar-refractivity contribution in [2.45, 2.75) is 52.6 Å². The first-order chi connectivity index (χ1) is 21.6. The minimum atomic E-state index is -4.10. The van der Waals surface area contributed by atoms with Gasteiger partial charge in [0.2, 0.25) is 17.2 Å². The zero-order chi connectivity index (χ0) is 34.4. The van der Waals surface area contributed by atoms with Gasteiger partial charge in [-0.1, -0.05) is 29.1 Å². The molecule has 0 radical (unpaired) electrons. The second-order valence-electron chi connectivity index (χ2n) is 9.67. The lowest BCUT2D eigenvalue weighted by Gasteiger charge is -2.09. The lowest BCUT2D eigenvalue weighted by molar-refractivity contribution is -0.135. The third kappa shape index (κ3) is 13.1. The van der Waals surface area contributed by atoms with Crippen LogP contribution in [0.25, 0.3) is 5.69 Å². The molecule has 1 aliphatic heterocycles. The van der Waals surface area contributed by atoms with Gasteiger partial charge in [0.05, 0.1) is 28.6 Å². The van der Waals surface area contributed by atoms with Gasteiger partial charge in [-0.15, -0.1) is 11.5 Å². The van der Waals surface area contributed by atoms with E-state index in [1.807, 2.05) is 20.8 Å². The van der Waals surface area contributed by atoms with Crippen LogP contribution in [-0.4, -0.2) is 82.2 Å². The molecule has 0 unspecified atom stereocenters. The van der Waals surface area contributed by atoms with Gasteiger partial charge >= 0.3 is 19.3 Å². The van der Waals surface area contributed by atoms with Crippen molar-refractivity contribution in [3.8, 4) is 23.8 Å². The van der Waals surface area contributed by atoms with Gasteiger partial charge < -0.3 is 30.3 Å². The fourth-order valence-corrected chi connectivity index (χ4v) is 4.77. The Morgan fingerprint density at radius 1 is 1.15 bits per heavy atom. The summed E-state index contributed by atoms with van der Waals surface area (Å²) in [4.78, 5) is 50.6. The van der Waals surface area contributed by atoms with Crippen molar-refractivity contribution >= 4 is 60.3 Å². The molecule has 2 aromatic heterocycles. The van der Waals surface area contributed by atoms with Crippen LogP contribution in [0.15, 0.2) is 16.9 Å². The van der Waals surface area contributed by atoms with E-state index >= 15 is 0 Å². The molecule has 0 amide bonds. The van der Waals surface area contributed by atoms with Crippen LogP contribution in [0.4, 0.5) is 11.9 Å². The SMILES string of the molecule is C#CCOc1cc(-n2nc3n(c2=O)CCCC3)c(Cl)cc1Cl.CCNc1nc(Cl)nc(NC(C)C)n1.O=C(O)CNCP(=O)(O)O. The summed E-state index contributed by atoms with van der Waals surface area (Å²) in [7, 11) is -4.10. The molecule has 0 fully saturated rings. The Labute approximate surface area is 280 Å². The number of aryl methyl sites for hydroxylation is 1. The maximum Gasteiger partial charge on any atom is 0.350 e. The number of aliphatic carboxylic acids is 1. The number of hydrogen-bond donors (Lipinski definition) is 6. The summed E-state index contributed by atoms with van der Waals surface area (Å²) in [6, 6.07) is 3.38. The molecule has 0 saturated carbocycles. The number of ether oxygens (including phenoxy) is 1. The third-order valence-electron chi connectivity index (χ3n) is 5.47. The van der Waals surface area contributed by atoms with E-state index in [-0.39, 0.29) is 23.6 Å². The lowest BCUT2D eigenvalue weighted by Crippen LogP contribution is -2.26. The van der Waals surface area contributed by atoms with Crippen LogP contribution < -0.4 is 26.4 Å². The van der Waals surface area contributed by atoms with Crippen LogP contribution in [0.5, 0.6) is 5.75 Å². The second kappa shape index (κ2) is 18.7. The molecule has 16 nitrogen and oxygen atoms in total. The van der Waals surface area contributed by atoms with Crippen molar-refractivity contribution in [1.29, 1.82) is 0 Å². The zero-order valence-electron chi connectivity index (χ0n) is 25.2. The third-order valence-corrected chi connectivity index (χ3v) is 6.87. The smallest absolute Gasteiger partial charge is 0.350 e. The molecule has 3 aromatic rings. The van der Waals surface area contributed by atoms with Crippen LogP contribution in [-0.2, 0) is 22.3 Å². The highest BCUT2D eigenvalue weighted by molar-refractivity contribution is 7.51. The first-order valence-corrected chi connectivity index (χ1v) is 16.7. The summed E-state index contributed by atoms with van der Waals surface area (Å²) < 4.78 is 18.4. The molecule has 20 heteroatoms. The monoisotopic (exact) mass is 721 g/mol. The molecule has 46 heavy (non-hydrogen) atoms. The van der Waals surface area contributed by atoms with Crippen molar-refractivity contribution in [3.63, 3.8) is 0 Å². The highest BCUT2D eigenvalue weighted by Crippen LogP contribution is 2.33. The van der Waals surface area contributed by atoms with Gasteiger partial charge in [0.25, 0.3) is 0 Å². The largest absolute Gasteiger partial charge is 0.480 e. The minimum absolute atomic E-state index is 0.0788. The van der Waals surface area contributed by atoms with Crippen molar-refractivity contribution in [1.82, 2.24) is 34.6 Å². The maximum absolute atomic E-state index is 12.5. The van der Waals surface area contributed by atoms with Crippen molar-refractivity contribution in [3.05, 3.63) is 43.8 Å². The Balaban J connectivity index is 0.000000264. The van der Waals surface area contributed by atoms with Crippen LogP contribution in [0.3, 0.4) is 0 Å². The molecule has 0 atom stereocenters. The molecule has 0 aliphatic carbocycles. The fourth-order valence-electron chi connectivity index (χ4n) is 3.69. The summed E-state index contributed by atoms with van der Waals surface area (Å²) in [6.07, 6.45) is 7.37. The average Bonchev–Trinajstić information content (AvgIpc) is 3.28.